The van der Waals surface area contributed by atoms with E-state index < -0.39 is 0 Å². The molecule has 5 heteroatoms. The number of rotatable bonds is 1. The number of nitrogens with zero attached hydrogens (tertiary/aromatic N) is 3. The van der Waals surface area contributed by atoms with E-state index in [1.165, 1.54) is 17.9 Å². The van der Waals surface area contributed by atoms with Gasteiger partial charge in [0.15, 0.2) is 0 Å². The Morgan fingerprint density at radius 2 is 1.76 bits per heavy atom. The Hall–Kier alpha value is -1.39. The molecule has 2 aliphatic heterocycles. The molecule has 0 aliphatic carbocycles. The lowest BCUT2D eigenvalue weighted by Gasteiger charge is -2.24. The summed E-state index contributed by atoms with van der Waals surface area (Å²) in [4.78, 5) is 25.4. The predicted octanol–water partition coefficient (Wildman–Crippen LogP) is 0.997. The van der Waals surface area contributed by atoms with Gasteiger partial charge in [0.25, 0.3) is 5.91 Å². The van der Waals surface area contributed by atoms with Gasteiger partial charge in [-0.3, -0.25) is 9.59 Å². The first-order valence-corrected chi connectivity index (χ1v) is 6.32. The van der Waals surface area contributed by atoms with Crippen molar-refractivity contribution in [2.45, 2.75) is 38.5 Å². The molecule has 1 fully saturated rings. The molecule has 0 aromatic carbocycles. The molecule has 0 spiro atoms. The summed E-state index contributed by atoms with van der Waals surface area (Å²) in [6.07, 6.45) is 5.44. The molecule has 0 N–H and O–H groups in total. The monoisotopic (exact) mass is 237 g/mol. The standard InChI is InChI=1S/C12H19N3O2/c1-14-11(16)7-6-10(13-14)12(17)15-8-4-2-3-5-9-15/h2-9H2,1H3. The van der Waals surface area contributed by atoms with Crippen LogP contribution in [0, 0.1) is 0 Å². The smallest absolute Gasteiger partial charge is 0.270 e. The number of hydrogen-bond acceptors (Lipinski definition) is 3. The maximum Gasteiger partial charge on any atom is 0.270 e. The van der Waals surface area contributed by atoms with Crippen LogP contribution >= 0.6 is 0 Å². The van der Waals surface area contributed by atoms with Gasteiger partial charge < -0.3 is 4.90 Å². The van der Waals surface area contributed by atoms with Crippen molar-refractivity contribution in [2.75, 3.05) is 20.1 Å². The maximum atomic E-state index is 12.2. The van der Waals surface area contributed by atoms with E-state index in [4.69, 9.17) is 0 Å². The molecule has 0 saturated carbocycles. The van der Waals surface area contributed by atoms with Crippen molar-refractivity contribution in [1.29, 1.82) is 0 Å². The largest absolute Gasteiger partial charge is 0.338 e. The quantitative estimate of drug-likeness (QED) is 0.683. The van der Waals surface area contributed by atoms with Crippen LogP contribution in [0.25, 0.3) is 0 Å². The molecule has 1 saturated heterocycles. The van der Waals surface area contributed by atoms with Gasteiger partial charge in [0.05, 0.1) is 0 Å². The molecular weight excluding hydrogens is 218 g/mol. The van der Waals surface area contributed by atoms with Gasteiger partial charge >= 0.3 is 0 Å². The molecule has 0 atom stereocenters. The van der Waals surface area contributed by atoms with Crippen LogP contribution in [0.3, 0.4) is 0 Å². The van der Waals surface area contributed by atoms with Crippen LogP contribution in [-0.4, -0.2) is 47.6 Å². The molecule has 5 nitrogen and oxygen atoms in total. The first kappa shape index (κ1) is 12.1. The van der Waals surface area contributed by atoms with Gasteiger partial charge in [0, 0.05) is 33.0 Å². The van der Waals surface area contributed by atoms with Crippen LogP contribution in [0.15, 0.2) is 5.10 Å². The van der Waals surface area contributed by atoms with Crippen LogP contribution in [0.1, 0.15) is 38.5 Å². The third-order valence-corrected chi connectivity index (χ3v) is 3.35. The summed E-state index contributed by atoms with van der Waals surface area (Å²) in [6, 6.07) is 0. The highest BCUT2D eigenvalue weighted by molar-refractivity contribution is 6.39. The van der Waals surface area contributed by atoms with Gasteiger partial charge in [0.2, 0.25) is 5.91 Å². The summed E-state index contributed by atoms with van der Waals surface area (Å²) in [5, 5.41) is 5.36. The second-order valence-electron chi connectivity index (χ2n) is 4.67. The summed E-state index contributed by atoms with van der Waals surface area (Å²) in [5.41, 5.74) is 0.536. The minimum atomic E-state index is -0.0163. The lowest BCUT2D eigenvalue weighted by Crippen LogP contribution is -2.41. The van der Waals surface area contributed by atoms with Crippen molar-refractivity contribution in [2.24, 2.45) is 5.10 Å². The van der Waals surface area contributed by atoms with E-state index in [1.54, 1.807) is 7.05 Å². The minimum Gasteiger partial charge on any atom is -0.338 e. The van der Waals surface area contributed by atoms with E-state index in [-0.39, 0.29) is 11.8 Å². The van der Waals surface area contributed by atoms with Crippen LogP contribution in [-0.2, 0) is 9.59 Å². The number of hydrogen-bond donors (Lipinski definition) is 0. The predicted molar refractivity (Wildman–Crippen MR) is 64.5 cm³/mol. The van der Waals surface area contributed by atoms with Gasteiger partial charge in [-0.2, -0.15) is 5.10 Å². The van der Waals surface area contributed by atoms with Crippen molar-refractivity contribution in [3.63, 3.8) is 0 Å². The fraction of sp³-hybridized carbons (Fsp3) is 0.750. The first-order valence-electron chi connectivity index (χ1n) is 6.32. The van der Waals surface area contributed by atoms with Crippen molar-refractivity contribution >= 4 is 17.5 Å². The first-order chi connectivity index (χ1) is 8.18. The molecule has 2 rings (SSSR count). The van der Waals surface area contributed by atoms with Gasteiger partial charge in [-0.05, 0) is 12.8 Å². The highest BCUT2D eigenvalue weighted by atomic mass is 16.2. The van der Waals surface area contributed by atoms with Crippen molar-refractivity contribution in [3.8, 4) is 0 Å². The van der Waals surface area contributed by atoms with Crippen molar-refractivity contribution < 1.29 is 9.59 Å². The highest BCUT2D eigenvalue weighted by Gasteiger charge is 2.26. The van der Waals surface area contributed by atoms with Crippen LogP contribution in [0.4, 0.5) is 0 Å². The van der Waals surface area contributed by atoms with E-state index in [2.05, 4.69) is 5.10 Å². The number of amides is 2. The Morgan fingerprint density at radius 3 is 2.35 bits per heavy atom. The molecule has 0 aromatic heterocycles. The van der Waals surface area contributed by atoms with Crippen molar-refractivity contribution in [3.05, 3.63) is 0 Å². The summed E-state index contributed by atoms with van der Waals surface area (Å²) in [7, 11) is 1.61. The Morgan fingerprint density at radius 1 is 1.12 bits per heavy atom. The molecule has 2 heterocycles. The molecule has 94 valence electrons. The zero-order valence-corrected chi connectivity index (χ0v) is 10.3. The van der Waals surface area contributed by atoms with Crippen LogP contribution < -0.4 is 0 Å². The third-order valence-electron chi connectivity index (χ3n) is 3.35. The molecule has 0 aromatic rings. The Bertz CT molecular complexity index is 344. The Labute approximate surface area is 101 Å². The summed E-state index contributed by atoms with van der Waals surface area (Å²) >= 11 is 0. The molecule has 2 amide bonds. The second-order valence-corrected chi connectivity index (χ2v) is 4.67. The van der Waals surface area contributed by atoms with Crippen molar-refractivity contribution in [1.82, 2.24) is 9.91 Å². The number of likely N-dealkylation sites (tertiary alicyclic amines) is 1. The number of hydrazone groups is 1. The highest BCUT2D eigenvalue weighted by Crippen LogP contribution is 2.13. The fourth-order valence-corrected chi connectivity index (χ4v) is 2.28. The summed E-state index contributed by atoms with van der Waals surface area (Å²) in [6.45, 7) is 1.66. The van der Waals surface area contributed by atoms with Gasteiger partial charge in [-0.25, -0.2) is 5.01 Å². The summed E-state index contributed by atoms with van der Waals surface area (Å²) in [5.74, 6) is 0.00339. The minimum absolute atomic E-state index is 0.0163. The van der Waals surface area contributed by atoms with E-state index >= 15 is 0 Å². The van der Waals surface area contributed by atoms with E-state index in [1.807, 2.05) is 4.90 Å². The Kier molecular flexibility index (Phi) is 3.76. The molecule has 17 heavy (non-hydrogen) atoms. The maximum absolute atomic E-state index is 12.2. The van der Waals surface area contributed by atoms with E-state index in [0.29, 0.717) is 18.6 Å². The van der Waals surface area contributed by atoms with Crippen LogP contribution in [0.2, 0.25) is 0 Å². The lowest BCUT2D eigenvalue weighted by atomic mass is 10.1. The third kappa shape index (κ3) is 2.84. The molecule has 0 radical (unpaired) electrons. The van der Waals surface area contributed by atoms with Gasteiger partial charge in [-0.15, -0.1) is 0 Å². The second kappa shape index (κ2) is 5.29. The lowest BCUT2D eigenvalue weighted by molar-refractivity contribution is -0.130. The SMILES string of the molecule is CN1N=C(C(=O)N2CCCCCC2)CCC1=O. The summed E-state index contributed by atoms with van der Waals surface area (Å²) < 4.78 is 0. The normalized spacial score (nSPS) is 22.2. The zero-order chi connectivity index (χ0) is 12.3. The van der Waals surface area contributed by atoms with Gasteiger partial charge in [0.1, 0.15) is 5.71 Å². The van der Waals surface area contributed by atoms with Crippen LogP contribution in [0.5, 0.6) is 0 Å². The van der Waals surface area contributed by atoms with E-state index in [9.17, 15) is 9.59 Å². The molecule has 0 bridgehead atoms. The topological polar surface area (TPSA) is 53.0 Å². The molecular formula is C12H19N3O2. The Balaban J connectivity index is 2.03. The molecule has 0 unspecified atom stereocenters. The average Bonchev–Trinajstić information content (AvgIpc) is 2.60. The average molecular weight is 237 g/mol. The zero-order valence-electron chi connectivity index (χ0n) is 10.3. The molecule has 2 aliphatic rings. The van der Waals surface area contributed by atoms with Gasteiger partial charge in [-0.1, -0.05) is 12.8 Å². The number of carbonyl (C=O) groups excluding carboxylic acids is 2. The van der Waals surface area contributed by atoms with E-state index in [0.717, 1.165) is 25.9 Å². The number of carbonyl (C=O) groups is 2. The fourth-order valence-electron chi connectivity index (χ4n) is 2.28.